The van der Waals surface area contributed by atoms with Crippen LogP contribution in [0.2, 0.25) is 0 Å². The number of nitrogens with zero attached hydrogens (tertiary/aromatic N) is 2. The molecule has 0 spiro atoms. The normalized spacial score (nSPS) is 14.3. The number of sulfonamides is 1. The van der Waals surface area contributed by atoms with Gasteiger partial charge in [-0.15, -0.1) is 0 Å². The Kier molecular flexibility index (Phi) is 5.33. The molecule has 0 aliphatic rings. The second-order valence-electron chi connectivity index (χ2n) is 5.37. The second kappa shape index (κ2) is 7.08. The van der Waals surface area contributed by atoms with E-state index in [-0.39, 0.29) is 10.6 Å². The number of nitro benzene ring substituents is 1. The van der Waals surface area contributed by atoms with Gasteiger partial charge in [0.05, 0.1) is 22.0 Å². The zero-order valence-corrected chi connectivity index (χ0v) is 14.1. The van der Waals surface area contributed by atoms with E-state index in [1.165, 1.54) is 19.2 Å². The lowest BCUT2D eigenvalue weighted by molar-refractivity contribution is -0.384. The number of benzene rings is 2. The van der Waals surface area contributed by atoms with Crippen molar-refractivity contribution in [1.29, 1.82) is 0 Å². The summed E-state index contributed by atoms with van der Waals surface area (Å²) >= 11 is 0. The molecule has 0 heterocycles. The van der Waals surface area contributed by atoms with E-state index in [0.717, 1.165) is 16.4 Å². The first kappa shape index (κ1) is 18.1. The highest BCUT2D eigenvalue weighted by atomic mass is 32.2. The Hall–Kier alpha value is -2.29. The van der Waals surface area contributed by atoms with Gasteiger partial charge in [0.25, 0.3) is 5.69 Å². The molecule has 2 rings (SSSR count). The van der Waals surface area contributed by atoms with Crippen molar-refractivity contribution >= 4 is 15.7 Å². The van der Waals surface area contributed by atoms with Crippen LogP contribution in [-0.2, 0) is 10.0 Å². The monoisotopic (exact) mass is 350 g/mol. The topological polar surface area (TPSA) is 101 Å². The molecule has 0 unspecified atom stereocenters. The lowest BCUT2D eigenvalue weighted by Gasteiger charge is -2.28. The van der Waals surface area contributed by atoms with Gasteiger partial charge < -0.3 is 5.11 Å². The van der Waals surface area contributed by atoms with E-state index in [9.17, 15) is 23.6 Å². The van der Waals surface area contributed by atoms with E-state index >= 15 is 0 Å². The fourth-order valence-electron chi connectivity index (χ4n) is 2.25. The molecule has 0 aromatic heterocycles. The number of non-ortho nitro benzene ring substituents is 1. The minimum atomic E-state index is -3.88. The van der Waals surface area contributed by atoms with Gasteiger partial charge in [0.15, 0.2) is 0 Å². The van der Waals surface area contributed by atoms with Crippen LogP contribution in [-0.4, -0.2) is 35.8 Å². The van der Waals surface area contributed by atoms with E-state index in [2.05, 4.69) is 0 Å². The molecule has 7 nitrogen and oxygen atoms in total. The van der Waals surface area contributed by atoms with Crippen LogP contribution in [0.3, 0.4) is 0 Å². The first-order valence-electron chi connectivity index (χ1n) is 7.20. The van der Waals surface area contributed by atoms with Crippen LogP contribution in [0.4, 0.5) is 5.69 Å². The van der Waals surface area contributed by atoms with Crippen LogP contribution < -0.4 is 0 Å². The fourth-order valence-corrected chi connectivity index (χ4v) is 3.62. The highest BCUT2D eigenvalue weighted by Crippen LogP contribution is 2.25. The number of likely N-dealkylation sites (N-methyl/N-ethyl adjacent to an activating group) is 1. The zero-order chi connectivity index (χ0) is 17.9. The van der Waals surface area contributed by atoms with Gasteiger partial charge in [-0.1, -0.05) is 30.3 Å². The van der Waals surface area contributed by atoms with Gasteiger partial charge in [-0.3, -0.25) is 10.1 Å². The Balaban J connectivity index is 2.26. The van der Waals surface area contributed by atoms with Crippen LogP contribution in [0.25, 0.3) is 0 Å². The smallest absolute Gasteiger partial charge is 0.269 e. The molecule has 0 bridgehead atoms. The largest absolute Gasteiger partial charge is 0.387 e. The van der Waals surface area contributed by atoms with Crippen LogP contribution in [0, 0.1) is 10.1 Å². The molecule has 0 saturated carbocycles. The third-order valence-electron chi connectivity index (χ3n) is 3.90. The summed E-state index contributed by atoms with van der Waals surface area (Å²) in [6.07, 6.45) is -0.996. The molecule has 24 heavy (non-hydrogen) atoms. The summed E-state index contributed by atoms with van der Waals surface area (Å²) in [6.45, 7) is 1.60. The fraction of sp³-hybridized carbons (Fsp3) is 0.250. The summed E-state index contributed by atoms with van der Waals surface area (Å²) in [6, 6.07) is 12.7. The van der Waals surface area contributed by atoms with Crippen molar-refractivity contribution in [2.45, 2.75) is 24.0 Å². The Morgan fingerprint density at radius 1 is 1.08 bits per heavy atom. The highest BCUT2D eigenvalue weighted by molar-refractivity contribution is 7.89. The number of hydrogen-bond acceptors (Lipinski definition) is 5. The van der Waals surface area contributed by atoms with Crippen molar-refractivity contribution in [2.75, 3.05) is 7.05 Å². The van der Waals surface area contributed by atoms with E-state index in [1.807, 2.05) is 0 Å². The van der Waals surface area contributed by atoms with Crippen molar-refractivity contribution in [3.05, 3.63) is 70.3 Å². The van der Waals surface area contributed by atoms with Gasteiger partial charge in [0, 0.05) is 19.2 Å². The Labute approximate surface area is 140 Å². The van der Waals surface area contributed by atoms with Crippen molar-refractivity contribution in [3.63, 3.8) is 0 Å². The molecule has 0 aliphatic heterocycles. The Morgan fingerprint density at radius 3 is 2.12 bits per heavy atom. The summed E-state index contributed by atoms with van der Waals surface area (Å²) in [5.41, 5.74) is 0.421. The summed E-state index contributed by atoms with van der Waals surface area (Å²) in [4.78, 5) is 10.0. The number of nitro groups is 1. The molecule has 128 valence electrons. The Bertz CT molecular complexity index is 806. The molecule has 1 N–H and O–H groups in total. The van der Waals surface area contributed by atoms with E-state index in [0.29, 0.717) is 5.56 Å². The summed E-state index contributed by atoms with van der Waals surface area (Å²) < 4.78 is 26.3. The van der Waals surface area contributed by atoms with Gasteiger partial charge in [0.1, 0.15) is 0 Å². The van der Waals surface area contributed by atoms with Crippen LogP contribution in [0.5, 0.6) is 0 Å². The third-order valence-corrected chi connectivity index (χ3v) is 5.85. The van der Waals surface area contributed by atoms with Gasteiger partial charge in [-0.2, -0.15) is 4.31 Å². The quantitative estimate of drug-likeness (QED) is 0.636. The molecule has 0 amide bonds. The SMILES string of the molecule is C[C@@H]([C@H](O)c1ccccc1)N(C)S(=O)(=O)c1ccc([N+](=O)[O-])cc1. The molecule has 0 fully saturated rings. The number of aliphatic hydroxyl groups is 1. The van der Waals surface area contributed by atoms with Gasteiger partial charge in [-0.05, 0) is 24.6 Å². The molecule has 2 aromatic rings. The predicted molar refractivity (Wildman–Crippen MR) is 88.9 cm³/mol. The van der Waals surface area contributed by atoms with Crippen LogP contribution in [0.1, 0.15) is 18.6 Å². The minimum Gasteiger partial charge on any atom is -0.387 e. The molecule has 2 aromatic carbocycles. The predicted octanol–water partition coefficient (Wildman–Crippen LogP) is 2.34. The molecule has 0 aliphatic carbocycles. The maximum absolute atomic E-state index is 12.6. The molecule has 0 radical (unpaired) electrons. The molecule has 2 atom stereocenters. The first-order chi connectivity index (χ1) is 11.2. The second-order valence-corrected chi connectivity index (χ2v) is 7.37. The number of rotatable bonds is 6. The minimum absolute atomic E-state index is 0.0669. The van der Waals surface area contributed by atoms with Crippen molar-refractivity contribution in [2.24, 2.45) is 0 Å². The van der Waals surface area contributed by atoms with Crippen LogP contribution >= 0.6 is 0 Å². The van der Waals surface area contributed by atoms with Gasteiger partial charge >= 0.3 is 0 Å². The van der Waals surface area contributed by atoms with Crippen molar-refractivity contribution in [1.82, 2.24) is 4.31 Å². The summed E-state index contributed by atoms with van der Waals surface area (Å²) in [5.74, 6) is 0. The van der Waals surface area contributed by atoms with E-state index < -0.39 is 27.1 Å². The molecule has 8 heteroatoms. The van der Waals surface area contributed by atoms with E-state index in [1.54, 1.807) is 37.3 Å². The number of aliphatic hydroxyl groups excluding tert-OH is 1. The molecular formula is C16H18N2O5S. The Morgan fingerprint density at radius 2 is 1.62 bits per heavy atom. The van der Waals surface area contributed by atoms with Crippen molar-refractivity contribution < 1.29 is 18.4 Å². The van der Waals surface area contributed by atoms with Gasteiger partial charge in [-0.25, -0.2) is 8.42 Å². The summed E-state index contributed by atoms with van der Waals surface area (Å²) in [5, 5.41) is 21.1. The zero-order valence-electron chi connectivity index (χ0n) is 13.2. The molecule has 0 saturated heterocycles. The first-order valence-corrected chi connectivity index (χ1v) is 8.64. The standard InChI is InChI=1S/C16H18N2O5S/c1-12(16(19)13-6-4-3-5-7-13)17(2)24(22,23)15-10-8-14(9-11-15)18(20)21/h3-12,16,19H,1-2H3/t12-,16-/m0/s1. The third kappa shape index (κ3) is 3.61. The lowest BCUT2D eigenvalue weighted by atomic mass is 10.0. The van der Waals surface area contributed by atoms with Crippen molar-refractivity contribution in [3.8, 4) is 0 Å². The average molecular weight is 350 g/mol. The van der Waals surface area contributed by atoms with Crippen LogP contribution in [0.15, 0.2) is 59.5 Å². The summed E-state index contributed by atoms with van der Waals surface area (Å²) in [7, 11) is -2.51. The maximum Gasteiger partial charge on any atom is 0.269 e. The van der Waals surface area contributed by atoms with E-state index in [4.69, 9.17) is 0 Å². The molecular weight excluding hydrogens is 332 g/mol. The average Bonchev–Trinajstić information content (AvgIpc) is 2.60. The maximum atomic E-state index is 12.6. The van der Waals surface area contributed by atoms with Gasteiger partial charge in [0.2, 0.25) is 10.0 Å². The lowest BCUT2D eigenvalue weighted by Crippen LogP contribution is -2.39. The highest BCUT2D eigenvalue weighted by Gasteiger charge is 2.30. The number of hydrogen-bond donors (Lipinski definition) is 1.